The quantitative estimate of drug-likeness (QED) is 0.813. The minimum Gasteiger partial charge on any atom is -0.465 e. The number of methoxy groups -OCH3 is 1. The Morgan fingerprint density at radius 2 is 1.60 bits per heavy atom. The van der Waals surface area contributed by atoms with Crippen molar-refractivity contribution in [2.45, 2.75) is 39.7 Å². The van der Waals surface area contributed by atoms with Crippen molar-refractivity contribution in [1.29, 1.82) is 0 Å². The van der Waals surface area contributed by atoms with Crippen molar-refractivity contribution < 1.29 is 14.3 Å². The van der Waals surface area contributed by atoms with Gasteiger partial charge >= 0.3 is 5.97 Å². The monoisotopic (exact) mass is 277 g/mol. The fourth-order valence-electron chi connectivity index (χ4n) is 1.84. The van der Waals surface area contributed by atoms with Crippen LogP contribution < -0.4 is 5.32 Å². The number of carbonyl (C=O) groups excluding carboxylic acids is 2. The predicted molar refractivity (Wildman–Crippen MR) is 78.8 cm³/mol. The molecule has 1 amide bonds. The number of amides is 1. The number of rotatable bonds is 6. The summed E-state index contributed by atoms with van der Waals surface area (Å²) in [5, 5.41) is 2.96. The zero-order valence-corrected chi connectivity index (χ0v) is 12.6. The fourth-order valence-corrected chi connectivity index (χ4v) is 1.84. The van der Waals surface area contributed by atoms with Gasteiger partial charge in [-0.25, -0.2) is 4.79 Å². The highest BCUT2D eigenvalue weighted by atomic mass is 16.5. The first-order valence-corrected chi connectivity index (χ1v) is 6.93. The number of ether oxygens (including phenoxy) is 1. The van der Waals surface area contributed by atoms with E-state index in [4.69, 9.17) is 0 Å². The van der Waals surface area contributed by atoms with E-state index < -0.39 is 5.97 Å². The number of carbonyl (C=O) groups is 2. The molecule has 0 saturated carbocycles. The molecule has 0 heterocycles. The Hall–Kier alpha value is -1.84. The molecule has 0 saturated heterocycles. The van der Waals surface area contributed by atoms with Gasteiger partial charge in [0.15, 0.2) is 0 Å². The predicted octanol–water partition coefficient (Wildman–Crippen LogP) is 3.03. The number of esters is 1. The van der Waals surface area contributed by atoms with Crippen molar-refractivity contribution in [2.24, 2.45) is 5.92 Å². The summed E-state index contributed by atoms with van der Waals surface area (Å²) in [7, 11) is 1.33. The number of hydrogen-bond donors (Lipinski definition) is 1. The second-order valence-corrected chi connectivity index (χ2v) is 5.41. The van der Waals surface area contributed by atoms with Crippen molar-refractivity contribution in [2.75, 3.05) is 7.11 Å². The van der Waals surface area contributed by atoms with E-state index in [-0.39, 0.29) is 11.9 Å². The fraction of sp³-hybridized carbons (Fsp3) is 0.500. The van der Waals surface area contributed by atoms with Crippen molar-refractivity contribution in [3.8, 4) is 0 Å². The first-order valence-electron chi connectivity index (χ1n) is 6.93. The summed E-state index contributed by atoms with van der Waals surface area (Å²) in [5.74, 6) is 0.119. The molecule has 1 rings (SSSR count). The third-order valence-corrected chi connectivity index (χ3v) is 3.12. The lowest BCUT2D eigenvalue weighted by molar-refractivity contribution is 0.0600. The normalized spacial score (nSPS) is 12.1. The molecule has 0 aromatic heterocycles. The second kappa shape index (κ2) is 7.68. The van der Waals surface area contributed by atoms with Crippen molar-refractivity contribution in [3.05, 3.63) is 35.4 Å². The Bertz CT molecular complexity index is 451. The summed E-state index contributed by atoms with van der Waals surface area (Å²) in [6.45, 7) is 6.34. The summed E-state index contributed by atoms with van der Waals surface area (Å²) in [5.41, 5.74) is 0.992. The molecule has 1 aromatic carbocycles. The second-order valence-electron chi connectivity index (χ2n) is 5.41. The Kier molecular flexibility index (Phi) is 6.22. The zero-order chi connectivity index (χ0) is 15.1. The van der Waals surface area contributed by atoms with Crippen LogP contribution in [0.4, 0.5) is 0 Å². The molecular formula is C16H23NO3. The molecular weight excluding hydrogens is 254 g/mol. The van der Waals surface area contributed by atoms with E-state index in [1.807, 2.05) is 6.92 Å². The van der Waals surface area contributed by atoms with Gasteiger partial charge in [0.25, 0.3) is 5.91 Å². The van der Waals surface area contributed by atoms with Crippen molar-refractivity contribution in [1.82, 2.24) is 5.32 Å². The summed E-state index contributed by atoms with van der Waals surface area (Å²) in [6.07, 6.45) is 2.05. The van der Waals surface area contributed by atoms with Crippen LogP contribution in [0.2, 0.25) is 0 Å². The van der Waals surface area contributed by atoms with Crippen LogP contribution in [0.1, 0.15) is 54.3 Å². The smallest absolute Gasteiger partial charge is 0.337 e. The Morgan fingerprint density at radius 1 is 1.05 bits per heavy atom. The number of hydrogen-bond acceptors (Lipinski definition) is 3. The van der Waals surface area contributed by atoms with Gasteiger partial charge in [-0.15, -0.1) is 0 Å². The van der Waals surface area contributed by atoms with E-state index in [0.29, 0.717) is 17.0 Å². The largest absolute Gasteiger partial charge is 0.465 e. The van der Waals surface area contributed by atoms with E-state index in [1.54, 1.807) is 24.3 Å². The van der Waals surface area contributed by atoms with Crippen LogP contribution in [-0.4, -0.2) is 25.0 Å². The van der Waals surface area contributed by atoms with Gasteiger partial charge < -0.3 is 10.1 Å². The average Bonchev–Trinajstić information content (AvgIpc) is 2.44. The lowest BCUT2D eigenvalue weighted by atomic mass is 10.0. The maximum Gasteiger partial charge on any atom is 0.337 e. The number of benzene rings is 1. The van der Waals surface area contributed by atoms with Gasteiger partial charge in [-0.2, -0.15) is 0 Å². The summed E-state index contributed by atoms with van der Waals surface area (Å²) in [4.78, 5) is 23.3. The van der Waals surface area contributed by atoms with Crippen molar-refractivity contribution >= 4 is 11.9 Å². The van der Waals surface area contributed by atoms with E-state index >= 15 is 0 Å². The van der Waals surface area contributed by atoms with E-state index in [1.165, 1.54) is 7.11 Å². The molecule has 20 heavy (non-hydrogen) atoms. The minimum absolute atomic E-state index is 0.113. The van der Waals surface area contributed by atoms with Crippen LogP contribution >= 0.6 is 0 Å². The van der Waals surface area contributed by atoms with Gasteiger partial charge in [0.05, 0.1) is 12.7 Å². The molecule has 0 radical (unpaired) electrons. The molecule has 0 spiro atoms. The topological polar surface area (TPSA) is 55.4 Å². The van der Waals surface area contributed by atoms with Gasteiger partial charge in [0.1, 0.15) is 0 Å². The molecule has 4 nitrogen and oxygen atoms in total. The molecule has 1 unspecified atom stereocenters. The molecule has 0 fully saturated rings. The van der Waals surface area contributed by atoms with Crippen LogP contribution in [-0.2, 0) is 4.74 Å². The standard InChI is InChI=1S/C16H23NO3/c1-11(2)5-6-12(3)17-15(18)13-7-9-14(10-8-13)16(19)20-4/h7-12H,5-6H2,1-4H3,(H,17,18). The van der Waals surface area contributed by atoms with Crippen LogP contribution in [0.5, 0.6) is 0 Å². The Morgan fingerprint density at radius 3 is 2.10 bits per heavy atom. The van der Waals surface area contributed by atoms with E-state index in [9.17, 15) is 9.59 Å². The molecule has 0 aliphatic heterocycles. The lowest BCUT2D eigenvalue weighted by Crippen LogP contribution is -2.32. The van der Waals surface area contributed by atoms with Crippen LogP contribution in [0.25, 0.3) is 0 Å². The zero-order valence-electron chi connectivity index (χ0n) is 12.6. The first kappa shape index (κ1) is 16.2. The summed E-state index contributed by atoms with van der Waals surface area (Å²) >= 11 is 0. The first-order chi connectivity index (χ1) is 9.43. The van der Waals surface area contributed by atoms with E-state index in [0.717, 1.165) is 12.8 Å². The molecule has 0 aliphatic carbocycles. The summed E-state index contributed by atoms with van der Waals surface area (Å²) < 4.78 is 4.62. The Balaban J connectivity index is 2.57. The highest BCUT2D eigenvalue weighted by Crippen LogP contribution is 2.09. The third-order valence-electron chi connectivity index (χ3n) is 3.12. The van der Waals surface area contributed by atoms with Gasteiger partial charge in [-0.05, 0) is 49.9 Å². The molecule has 4 heteroatoms. The maximum atomic E-state index is 12.0. The number of nitrogens with one attached hydrogen (secondary N) is 1. The highest BCUT2D eigenvalue weighted by molar-refractivity contribution is 5.96. The highest BCUT2D eigenvalue weighted by Gasteiger charge is 2.11. The van der Waals surface area contributed by atoms with Gasteiger partial charge in [-0.3, -0.25) is 4.79 Å². The molecule has 0 aliphatic rings. The van der Waals surface area contributed by atoms with Gasteiger partial charge in [-0.1, -0.05) is 13.8 Å². The summed E-state index contributed by atoms with van der Waals surface area (Å²) in [6, 6.07) is 6.61. The molecule has 1 atom stereocenters. The molecule has 1 N–H and O–H groups in total. The molecule has 0 bridgehead atoms. The van der Waals surface area contributed by atoms with Crippen molar-refractivity contribution in [3.63, 3.8) is 0 Å². The van der Waals surface area contributed by atoms with Gasteiger partial charge in [0.2, 0.25) is 0 Å². The third kappa shape index (κ3) is 5.03. The van der Waals surface area contributed by atoms with Crippen LogP contribution in [0, 0.1) is 5.92 Å². The average molecular weight is 277 g/mol. The maximum absolute atomic E-state index is 12.0. The lowest BCUT2D eigenvalue weighted by Gasteiger charge is -2.15. The van der Waals surface area contributed by atoms with Crippen LogP contribution in [0.15, 0.2) is 24.3 Å². The SMILES string of the molecule is COC(=O)c1ccc(C(=O)NC(C)CCC(C)C)cc1. The molecule has 110 valence electrons. The van der Waals surface area contributed by atoms with Crippen LogP contribution in [0.3, 0.4) is 0 Å². The van der Waals surface area contributed by atoms with Gasteiger partial charge in [0, 0.05) is 11.6 Å². The minimum atomic E-state index is -0.401. The molecule has 1 aromatic rings. The van der Waals surface area contributed by atoms with E-state index in [2.05, 4.69) is 23.9 Å². The Labute approximate surface area is 120 Å².